The SMILES string of the molecule is COc1cc2[nH]c(C(=O)N/C=C\N)cc2cc1OCCN(C)C. The van der Waals surface area contributed by atoms with E-state index in [0.717, 1.165) is 17.4 Å². The van der Waals surface area contributed by atoms with E-state index in [0.29, 0.717) is 23.8 Å². The summed E-state index contributed by atoms with van der Waals surface area (Å²) in [6.07, 6.45) is 2.64. The summed E-state index contributed by atoms with van der Waals surface area (Å²) in [5, 5.41) is 3.42. The summed E-state index contributed by atoms with van der Waals surface area (Å²) < 4.78 is 11.1. The zero-order chi connectivity index (χ0) is 16.8. The molecule has 1 aromatic carbocycles. The number of methoxy groups -OCH3 is 1. The number of hydrogen-bond acceptors (Lipinski definition) is 5. The van der Waals surface area contributed by atoms with Crippen molar-refractivity contribution in [3.63, 3.8) is 0 Å². The minimum absolute atomic E-state index is 0.267. The number of likely N-dealkylation sites (N-methyl/N-ethyl adjacent to an activating group) is 1. The Morgan fingerprint density at radius 1 is 1.35 bits per heavy atom. The molecule has 0 aliphatic rings. The van der Waals surface area contributed by atoms with E-state index in [1.807, 2.05) is 31.1 Å². The van der Waals surface area contributed by atoms with Crippen molar-refractivity contribution in [2.24, 2.45) is 5.73 Å². The Morgan fingerprint density at radius 2 is 2.13 bits per heavy atom. The molecule has 0 bridgehead atoms. The predicted molar refractivity (Wildman–Crippen MR) is 89.7 cm³/mol. The number of rotatable bonds is 7. The second-order valence-corrected chi connectivity index (χ2v) is 5.26. The molecule has 4 N–H and O–H groups in total. The fourth-order valence-electron chi connectivity index (χ4n) is 2.07. The number of carbonyl (C=O) groups is 1. The number of ether oxygens (including phenoxy) is 2. The minimum Gasteiger partial charge on any atom is -0.493 e. The highest BCUT2D eigenvalue weighted by Crippen LogP contribution is 2.32. The Morgan fingerprint density at radius 3 is 2.78 bits per heavy atom. The van der Waals surface area contributed by atoms with Gasteiger partial charge in [-0.2, -0.15) is 0 Å². The molecule has 2 rings (SSSR count). The van der Waals surface area contributed by atoms with Gasteiger partial charge in [-0.15, -0.1) is 0 Å². The van der Waals surface area contributed by atoms with Crippen LogP contribution in [0, 0.1) is 0 Å². The van der Waals surface area contributed by atoms with Crippen LogP contribution in [0.15, 0.2) is 30.6 Å². The van der Waals surface area contributed by atoms with Crippen molar-refractivity contribution < 1.29 is 14.3 Å². The first kappa shape index (κ1) is 16.7. The molecule has 0 spiro atoms. The van der Waals surface area contributed by atoms with Crippen LogP contribution in [-0.4, -0.2) is 50.1 Å². The third-order valence-corrected chi connectivity index (χ3v) is 3.26. The molecule has 124 valence electrons. The molecular weight excluding hydrogens is 296 g/mol. The van der Waals surface area contributed by atoms with Crippen molar-refractivity contribution in [1.29, 1.82) is 0 Å². The molecule has 0 radical (unpaired) electrons. The Balaban J connectivity index is 2.26. The summed E-state index contributed by atoms with van der Waals surface area (Å²) in [4.78, 5) is 17.0. The van der Waals surface area contributed by atoms with Crippen LogP contribution in [0.3, 0.4) is 0 Å². The largest absolute Gasteiger partial charge is 0.493 e. The molecule has 0 aliphatic carbocycles. The number of aromatic amines is 1. The van der Waals surface area contributed by atoms with Crippen LogP contribution in [0.4, 0.5) is 0 Å². The summed E-state index contributed by atoms with van der Waals surface area (Å²) in [5.74, 6) is 0.999. The van der Waals surface area contributed by atoms with Gasteiger partial charge in [0, 0.05) is 35.9 Å². The van der Waals surface area contributed by atoms with Crippen molar-refractivity contribution in [3.05, 3.63) is 36.3 Å². The lowest BCUT2D eigenvalue weighted by molar-refractivity contribution is 0.0966. The van der Waals surface area contributed by atoms with Gasteiger partial charge in [-0.1, -0.05) is 0 Å². The van der Waals surface area contributed by atoms with Gasteiger partial charge in [0.25, 0.3) is 5.91 Å². The number of amides is 1. The second kappa shape index (κ2) is 7.55. The molecule has 0 saturated heterocycles. The van der Waals surface area contributed by atoms with Crippen LogP contribution >= 0.6 is 0 Å². The molecule has 0 atom stereocenters. The zero-order valence-electron chi connectivity index (χ0n) is 13.6. The van der Waals surface area contributed by atoms with Gasteiger partial charge in [-0.05, 0) is 26.2 Å². The summed E-state index contributed by atoms with van der Waals surface area (Å²) in [5.41, 5.74) is 6.44. The monoisotopic (exact) mass is 318 g/mol. The standard InChI is InChI=1S/C16H22N4O3/c1-20(2)6-7-23-15-9-11-8-13(16(21)18-5-4-17)19-12(11)10-14(15)22-3/h4-5,8-10,19H,6-7,17H2,1-3H3,(H,18,21)/b5-4-. The molecule has 0 aliphatic heterocycles. The summed E-state index contributed by atoms with van der Waals surface area (Å²) in [6, 6.07) is 5.43. The zero-order valence-corrected chi connectivity index (χ0v) is 13.6. The number of hydrogen-bond donors (Lipinski definition) is 3. The van der Waals surface area contributed by atoms with Crippen LogP contribution < -0.4 is 20.5 Å². The quantitative estimate of drug-likeness (QED) is 0.715. The second-order valence-electron chi connectivity index (χ2n) is 5.26. The smallest absolute Gasteiger partial charge is 0.271 e. The topological polar surface area (TPSA) is 92.6 Å². The van der Waals surface area contributed by atoms with Crippen molar-refractivity contribution in [3.8, 4) is 11.5 Å². The van der Waals surface area contributed by atoms with Crippen LogP contribution in [-0.2, 0) is 0 Å². The van der Waals surface area contributed by atoms with Gasteiger partial charge in [0.05, 0.1) is 7.11 Å². The highest BCUT2D eigenvalue weighted by molar-refractivity contribution is 5.99. The lowest BCUT2D eigenvalue weighted by atomic mass is 10.2. The van der Waals surface area contributed by atoms with Crippen molar-refractivity contribution >= 4 is 16.8 Å². The van der Waals surface area contributed by atoms with E-state index in [4.69, 9.17) is 15.2 Å². The number of benzene rings is 1. The normalized spacial score (nSPS) is 11.3. The van der Waals surface area contributed by atoms with Gasteiger partial charge in [-0.25, -0.2) is 0 Å². The molecule has 2 aromatic rings. The van der Waals surface area contributed by atoms with Gasteiger partial charge in [-0.3, -0.25) is 4.79 Å². The maximum absolute atomic E-state index is 11.9. The molecule has 23 heavy (non-hydrogen) atoms. The minimum atomic E-state index is -0.267. The Hall–Kier alpha value is -2.67. The Bertz CT molecular complexity index is 707. The molecule has 0 fully saturated rings. The fourth-order valence-corrected chi connectivity index (χ4v) is 2.07. The van der Waals surface area contributed by atoms with Gasteiger partial charge < -0.3 is 30.4 Å². The van der Waals surface area contributed by atoms with E-state index >= 15 is 0 Å². The fraction of sp³-hybridized carbons (Fsp3) is 0.312. The molecule has 7 heteroatoms. The van der Waals surface area contributed by atoms with E-state index in [-0.39, 0.29) is 5.91 Å². The molecular formula is C16H22N4O3. The summed E-state index contributed by atoms with van der Waals surface area (Å²) in [6.45, 7) is 1.35. The first-order valence-electron chi connectivity index (χ1n) is 7.21. The van der Waals surface area contributed by atoms with Crippen molar-refractivity contribution in [2.45, 2.75) is 0 Å². The maximum atomic E-state index is 11.9. The molecule has 0 saturated carbocycles. The first-order chi connectivity index (χ1) is 11.0. The highest BCUT2D eigenvalue weighted by atomic mass is 16.5. The molecule has 7 nitrogen and oxygen atoms in total. The van der Waals surface area contributed by atoms with E-state index < -0.39 is 0 Å². The Labute approximate surface area is 135 Å². The molecule has 1 aromatic heterocycles. The van der Waals surface area contributed by atoms with Crippen LogP contribution in [0.5, 0.6) is 11.5 Å². The maximum Gasteiger partial charge on any atom is 0.271 e. The average molecular weight is 318 g/mol. The molecule has 1 amide bonds. The van der Waals surface area contributed by atoms with Crippen LogP contribution in [0.25, 0.3) is 10.9 Å². The van der Waals surface area contributed by atoms with E-state index in [2.05, 4.69) is 10.3 Å². The lowest BCUT2D eigenvalue weighted by Crippen LogP contribution is -2.19. The summed E-state index contributed by atoms with van der Waals surface area (Å²) >= 11 is 0. The summed E-state index contributed by atoms with van der Waals surface area (Å²) in [7, 11) is 5.55. The molecule has 1 heterocycles. The Kier molecular flexibility index (Phi) is 5.48. The number of nitrogens with two attached hydrogens (primary N) is 1. The predicted octanol–water partition coefficient (Wildman–Crippen LogP) is 1.28. The highest BCUT2D eigenvalue weighted by Gasteiger charge is 2.12. The van der Waals surface area contributed by atoms with E-state index in [1.165, 1.54) is 12.4 Å². The van der Waals surface area contributed by atoms with Gasteiger partial charge in [0.15, 0.2) is 11.5 Å². The number of nitrogens with one attached hydrogen (secondary N) is 2. The lowest BCUT2D eigenvalue weighted by Gasteiger charge is -2.13. The number of carbonyl (C=O) groups excluding carboxylic acids is 1. The third-order valence-electron chi connectivity index (χ3n) is 3.26. The number of fused-ring (bicyclic) bond motifs is 1. The number of nitrogens with zero attached hydrogens (tertiary/aromatic N) is 1. The average Bonchev–Trinajstić information content (AvgIpc) is 2.94. The van der Waals surface area contributed by atoms with E-state index in [1.54, 1.807) is 13.2 Å². The van der Waals surface area contributed by atoms with Crippen molar-refractivity contribution in [1.82, 2.24) is 15.2 Å². The van der Waals surface area contributed by atoms with Gasteiger partial charge >= 0.3 is 0 Å². The third kappa shape index (κ3) is 4.17. The number of aromatic nitrogens is 1. The van der Waals surface area contributed by atoms with Gasteiger partial charge in [0.2, 0.25) is 0 Å². The molecule has 0 unspecified atom stereocenters. The van der Waals surface area contributed by atoms with Crippen molar-refractivity contribution in [2.75, 3.05) is 34.4 Å². The number of H-pyrrole nitrogens is 1. The van der Waals surface area contributed by atoms with Crippen LogP contribution in [0.2, 0.25) is 0 Å². The first-order valence-corrected chi connectivity index (χ1v) is 7.21. The van der Waals surface area contributed by atoms with Crippen LogP contribution in [0.1, 0.15) is 10.5 Å². The van der Waals surface area contributed by atoms with Gasteiger partial charge in [0.1, 0.15) is 12.3 Å². The van der Waals surface area contributed by atoms with E-state index in [9.17, 15) is 4.79 Å².